The number of rotatable bonds is 8. The van der Waals surface area contributed by atoms with Gasteiger partial charge in [0, 0.05) is 12.0 Å². The molecule has 0 amide bonds. The maximum Gasteiger partial charge on any atom is 0.338 e. The Morgan fingerprint density at radius 2 is 1.78 bits per heavy atom. The SMILES string of the molecule is CCOC(=O)c1ccc(S(=O)(=O)NC(C)(C)CCC(=O)O)cc1. The van der Waals surface area contributed by atoms with E-state index in [4.69, 9.17) is 9.84 Å². The molecule has 0 saturated carbocycles. The highest BCUT2D eigenvalue weighted by molar-refractivity contribution is 7.89. The van der Waals surface area contributed by atoms with Crippen molar-refractivity contribution in [2.24, 2.45) is 0 Å². The van der Waals surface area contributed by atoms with E-state index in [0.717, 1.165) is 0 Å². The van der Waals surface area contributed by atoms with Crippen molar-refractivity contribution in [3.63, 3.8) is 0 Å². The summed E-state index contributed by atoms with van der Waals surface area (Å²) >= 11 is 0. The molecule has 23 heavy (non-hydrogen) atoms. The lowest BCUT2D eigenvalue weighted by atomic mass is 10.0. The second-order valence-electron chi connectivity index (χ2n) is 5.63. The summed E-state index contributed by atoms with van der Waals surface area (Å²) in [5, 5.41) is 8.70. The fourth-order valence-corrected chi connectivity index (χ4v) is 3.32. The number of hydrogen-bond donors (Lipinski definition) is 2. The number of benzene rings is 1. The average Bonchev–Trinajstić information content (AvgIpc) is 2.45. The molecule has 0 unspecified atom stereocenters. The number of esters is 1. The second kappa shape index (κ2) is 7.56. The molecule has 1 rings (SSSR count). The predicted octanol–water partition coefficient (Wildman–Crippen LogP) is 1.78. The molecule has 0 fully saturated rings. The Labute approximate surface area is 135 Å². The number of carbonyl (C=O) groups excluding carboxylic acids is 1. The Bertz CT molecular complexity index is 664. The van der Waals surface area contributed by atoms with E-state index in [-0.39, 0.29) is 29.9 Å². The summed E-state index contributed by atoms with van der Waals surface area (Å²) in [5.74, 6) is -1.51. The summed E-state index contributed by atoms with van der Waals surface area (Å²) in [5.41, 5.74) is -0.646. The van der Waals surface area contributed by atoms with Crippen LogP contribution in [0.25, 0.3) is 0 Å². The lowest BCUT2D eigenvalue weighted by molar-refractivity contribution is -0.137. The molecule has 128 valence electrons. The van der Waals surface area contributed by atoms with Crippen LogP contribution >= 0.6 is 0 Å². The molecule has 0 spiro atoms. The van der Waals surface area contributed by atoms with Crippen molar-refractivity contribution in [3.8, 4) is 0 Å². The Kier molecular flexibility index (Phi) is 6.28. The van der Waals surface area contributed by atoms with Crippen LogP contribution in [0.2, 0.25) is 0 Å². The molecule has 0 aliphatic carbocycles. The summed E-state index contributed by atoms with van der Waals surface area (Å²) in [4.78, 5) is 22.2. The number of ether oxygens (including phenoxy) is 1. The Morgan fingerprint density at radius 3 is 2.26 bits per heavy atom. The number of carboxylic acids is 1. The first-order valence-corrected chi connectivity index (χ1v) is 8.58. The molecule has 7 nitrogen and oxygen atoms in total. The number of nitrogens with one attached hydrogen (secondary N) is 1. The molecule has 0 heterocycles. The van der Waals surface area contributed by atoms with E-state index in [2.05, 4.69) is 4.72 Å². The molecule has 0 bridgehead atoms. The average molecular weight is 343 g/mol. The van der Waals surface area contributed by atoms with E-state index in [1.807, 2.05) is 0 Å². The van der Waals surface area contributed by atoms with Crippen molar-refractivity contribution in [2.45, 2.75) is 44.0 Å². The van der Waals surface area contributed by atoms with E-state index in [0.29, 0.717) is 0 Å². The summed E-state index contributed by atoms with van der Waals surface area (Å²) in [6, 6.07) is 5.36. The third kappa shape index (κ3) is 5.99. The maximum atomic E-state index is 12.3. The van der Waals surface area contributed by atoms with Crippen molar-refractivity contribution in [2.75, 3.05) is 6.61 Å². The van der Waals surface area contributed by atoms with Crippen LogP contribution in [0.15, 0.2) is 29.2 Å². The van der Waals surface area contributed by atoms with Gasteiger partial charge in [0.05, 0.1) is 17.1 Å². The zero-order chi connectivity index (χ0) is 17.7. The Hall–Kier alpha value is -1.93. The number of sulfonamides is 1. The smallest absolute Gasteiger partial charge is 0.338 e. The first-order chi connectivity index (χ1) is 10.6. The largest absolute Gasteiger partial charge is 0.481 e. The van der Waals surface area contributed by atoms with Crippen molar-refractivity contribution >= 4 is 22.0 Å². The lowest BCUT2D eigenvalue weighted by Gasteiger charge is -2.25. The molecule has 0 aliphatic heterocycles. The highest BCUT2D eigenvalue weighted by atomic mass is 32.2. The van der Waals surface area contributed by atoms with Gasteiger partial charge in [-0.3, -0.25) is 4.79 Å². The summed E-state index contributed by atoms with van der Waals surface area (Å²) < 4.78 is 31.9. The fraction of sp³-hybridized carbons (Fsp3) is 0.467. The third-order valence-electron chi connectivity index (χ3n) is 3.05. The normalized spacial score (nSPS) is 12.0. The number of carboxylic acid groups (broad SMARTS) is 1. The highest BCUT2D eigenvalue weighted by Gasteiger charge is 2.27. The van der Waals surface area contributed by atoms with Crippen molar-refractivity contribution in [1.82, 2.24) is 4.72 Å². The van der Waals surface area contributed by atoms with Gasteiger partial charge in [0.15, 0.2) is 0 Å². The lowest BCUT2D eigenvalue weighted by Crippen LogP contribution is -2.43. The van der Waals surface area contributed by atoms with Gasteiger partial charge in [0.2, 0.25) is 10.0 Å². The van der Waals surface area contributed by atoms with E-state index in [1.54, 1.807) is 20.8 Å². The van der Waals surface area contributed by atoms with Gasteiger partial charge in [-0.05, 0) is 51.5 Å². The van der Waals surface area contributed by atoms with Crippen molar-refractivity contribution in [3.05, 3.63) is 29.8 Å². The maximum absolute atomic E-state index is 12.3. The van der Waals surface area contributed by atoms with Crippen LogP contribution in [0.5, 0.6) is 0 Å². The standard InChI is InChI=1S/C15H21NO6S/c1-4-22-14(19)11-5-7-12(8-6-11)23(20,21)16-15(2,3)10-9-13(17)18/h5-8,16H,4,9-10H2,1-3H3,(H,17,18). The molecule has 8 heteroatoms. The highest BCUT2D eigenvalue weighted by Crippen LogP contribution is 2.18. The van der Waals surface area contributed by atoms with Gasteiger partial charge in [-0.25, -0.2) is 17.9 Å². The van der Waals surface area contributed by atoms with Crippen LogP contribution < -0.4 is 4.72 Å². The number of carbonyl (C=O) groups is 2. The van der Waals surface area contributed by atoms with E-state index >= 15 is 0 Å². The summed E-state index contributed by atoms with van der Waals surface area (Å²) in [7, 11) is -3.82. The molecule has 1 aromatic rings. The minimum absolute atomic E-state index is 0.00560. The second-order valence-corrected chi connectivity index (χ2v) is 7.31. The molecule has 0 atom stereocenters. The summed E-state index contributed by atoms with van der Waals surface area (Å²) in [6.07, 6.45) is 0.0137. The predicted molar refractivity (Wildman–Crippen MR) is 83.7 cm³/mol. The van der Waals surface area contributed by atoms with Crippen LogP contribution in [0.4, 0.5) is 0 Å². The Morgan fingerprint density at radius 1 is 1.22 bits per heavy atom. The molecular formula is C15H21NO6S. The van der Waals surface area contributed by atoms with Gasteiger partial charge in [-0.2, -0.15) is 0 Å². The van der Waals surface area contributed by atoms with E-state index in [1.165, 1.54) is 24.3 Å². The molecular weight excluding hydrogens is 322 g/mol. The molecule has 1 aromatic carbocycles. The molecule has 0 aliphatic rings. The van der Waals surface area contributed by atoms with Crippen LogP contribution in [0.1, 0.15) is 44.0 Å². The van der Waals surface area contributed by atoms with Gasteiger partial charge >= 0.3 is 11.9 Å². The fourth-order valence-electron chi connectivity index (χ4n) is 1.88. The first-order valence-electron chi connectivity index (χ1n) is 7.10. The minimum Gasteiger partial charge on any atom is -0.481 e. The Balaban J connectivity index is 2.87. The van der Waals surface area contributed by atoms with Crippen LogP contribution in [0, 0.1) is 0 Å². The topological polar surface area (TPSA) is 110 Å². The third-order valence-corrected chi connectivity index (χ3v) is 4.76. The van der Waals surface area contributed by atoms with Gasteiger partial charge in [0.1, 0.15) is 0 Å². The van der Waals surface area contributed by atoms with Gasteiger partial charge in [-0.1, -0.05) is 0 Å². The van der Waals surface area contributed by atoms with Gasteiger partial charge in [-0.15, -0.1) is 0 Å². The van der Waals surface area contributed by atoms with Crippen LogP contribution in [-0.2, 0) is 19.6 Å². The number of aliphatic carboxylic acids is 1. The molecule has 0 radical (unpaired) electrons. The summed E-state index contributed by atoms with van der Waals surface area (Å²) in [6.45, 7) is 5.14. The monoisotopic (exact) mass is 343 g/mol. The minimum atomic E-state index is -3.82. The van der Waals surface area contributed by atoms with E-state index < -0.39 is 27.5 Å². The van der Waals surface area contributed by atoms with Gasteiger partial charge in [0.25, 0.3) is 0 Å². The molecule has 2 N–H and O–H groups in total. The van der Waals surface area contributed by atoms with Crippen LogP contribution in [0.3, 0.4) is 0 Å². The van der Waals surface area contributed by atoms with Crippen molar-refractivity contribution < 1.29 is 27.9 Å². The zero-order valence-electron chi connectivity index (χ0n) is 13.3. The van der Waals surface area contributed by atoms with E-state index in [9.17, 15) is 18.0 Å². The first kappa shape index (κ1) is 19.1. The van der Waals surface area contributed by atoms with Crippen LogP contribution in [-0.4, -0.2) is 37.6 Å². The quantitative estimate of drug-likeness (QED) is 0.696. The van der Waals surface area contributed by atoms with Crippen molar-refractivity contribution in [1.29, 1.82) is 0 Å². The number of hydrogen-bond acceptors (Lipinski definition) is 5. The van der Waals surface area contributed by atoms with Gasteiger partial charge < -0.3 is 9.84 Å². The molecule has 0 saturated heterocycles. The zero-order valence-corrected chi connectivity index (χ0v) is 14.1. The molecule has 0 aromatic heterocycles.